The number of carbonyl (C=O) groups excluding carboxylic acids is 1. The van der Waals surface area contributed by atoms with Crippen molar-refractivity contribution in [3.8, 4) is 0 Å². The van der Waals surface area contributed by atoms with Gasteiger partial charge in [-0.2, -0.15) is 0 Å². The summed E-state index contributed by atoms with van der Waals surface area (Å²) in [7, 11) is -3.70. The molecule has 2 heterocycles. The van der Waals surface area contributed by atoms with Gasteiger partial charge in [-0.1, -0.05) is 12.1 Å². The van der Waals surface area contributed by atoms with E-state index < -0.39 is 10.0 Å². The Hall–Kier alpha value is -2.29. The van der Waals surface area contributed by atoms with Crippen LogP contribution in [0.5, 0.6) is 0 Å². The fourth-order valence-corrected chi connectivity index (χ4v) is 3.74. The van der Waals surface area contributed by atoms with Crippen molar-refractivity contribution in [3.05, 3.63) is 59.9 Å². The lowest BCUT2D eigenvalue weighted by molar-refractivity contribution is 0.0929. The van der Waals surface area contributed by atoms with E-state index in [-0.39, 0.29) is 23.4 Å². The van der Waals surface area contributed by atoms with Crippen LogP contribution < -0.4 is 10.0 Å². The highest BCUT2D eigenvalue weighted by Gasteiger charge is 2.20. The molecule has 138 valence electrons. The number of pyridine rings is 1. The Morgan fingerprint density at radius 2 is 2.12 bits per heavy atom. The normalized spacial score (nSPS) is 17.2. The van der Waals surface area contributed by atoms with Gasteiger partial charge < -0.3 is 10.1 Å². The van der Waals surface area contributed by atoms with E-state index in [9.17, 15) is 13.2 Å². The van der Waals surface area contributed by atoms with Crippen LogP contribution in [0, 0.1) is 0 Å². The highest BCUT2D eigenvalue weighted by molar-refractivity contribution is 7.89. The van der Waals surface area contributed by atoms with Gasteiger partial charge in [0.1, 0.15) is 0 Å². The summed E-state index contributed by atoms with van der Waals surface area (Å²) < 4.78 is 32.7. The molecule has 1 saturated heterocycles. The topological polar surface area (TPSA) is 97.4 Å². The van der Waals surface area contributed by atoms with E-state index >= 15 is 0 Å². The van der Waals surface area contributed by atoms with E-state index in [0.29, 0.717) is 25.2 Å². The molecule has 1 amide bonds. The number of hydrogen-bond donors (Lipinski definition) is 2. The monoisotopic (exact) mass is 375 g/mol. The Balaban J connectivity index is 1.62. The van der Waals surface area contributed by atoms with Crippen LogP contribution in [-0.4, -0.2) is 45.1 Å². The zero-order valence-corrected chi connectivity index (χ0v) is 15.0. The number of hydrogen-bond acceptors (Lipinski definition) is 5. The molecule has 3 rings (SSSR count). The standard InChI is InChI=1S/C18H21N3O4S/c22-18(21-16-8-11-25-13-16)14-4-3-6-17(12-14)26(23,24)20-10-7-15-5-1-2-9-19-15/h1-6,9,12,16,20H,7-8,10-11,13H2,(H,21,22)/t16-/m0/s1. The van der Waals surface area contributed by atoms with Gasteiger partial charge in [0, 0.05) is 37.0 Å². The third-order valence-electron chi connectivity index (χ3n) is 4.07. The molecule has 0 unspecified atom stereocenters. The molecule has 1 fully saturated rings. The fraction of sp³-hybridized carbons (Fsp3) is 0.333. The Kier molecular flexibility index (Phi) is 5.97. The molecule has 7 nitrogen and oxygen atoms in total. The molecule has 1 aliphatic heterocycles. The predicted molar refractivity (Wildman–Crippen MR) is 96.3 cm³/mol. The smallest absolute Gasteiger partial charge is 0.251 e. The molecule has 26 heavy (non-hydrogen) atoms. The van der Waals surface area contributed by atoms with Gasteiger partial charge in [-0.3, -0.25) is 9.78 Å². The van der Waals surface area contributed by atoms with E-state index in [0.717, 1.165) is 12.1 Å². The van der Waals surface area contributed by atoms with Gasteiger partial charge in [0.15, 0.2) is 0 Å². The van der Waals surface area contributed by atoms with E-state index in [1.54, 1.807) is 18.3 Å². The molecule has 1 atom stereocenters. The van der Waals surface area contributed by atoms with E-state index in [1.807, 2.05) is 18.2 Å². The van der Waals surface area contributed by atoms with Gasteiger partial charge in [-0.25, -0.2) is 13.1 Å². The predicted octanol–water partition coefficient (Wildman–Crippen LogP) is 1.12. The Bertz CT molecular complexity index is 850. The second kappa shape index (κ2) is 8.39. The van der Waals surface area contributed by atoms with Crippen molar-refractivity contribution in [1.82, 2.24) is 15.0 Å². The number of rotatable bonds is 7. The van der Waals surface area contributed by atoms with Crippen LogP contribution in [0.2, 0.25) is 0 Å². The molecule has 2 aromatic rings. The number of nitrogens with one attached hydrogen (secondary N) is 2. The second-order valence-corrected chi connectivity index (χ2v) is 7.80. The van der Waals surface area contributed by atoms with Crippen molar-refractivity contribution in [2.24, 2.45) is 0 Å². The average molecular weight is 375 g/mol. The highest BCUT2D eigenvalue weighted by Crippen LogP contribution is 2.13. The van der Waals surface area contributed by atoms with Crippen molar-refractivity contribution >= 4 is 15.9 Å². The van der Waals surface area contributed by atoms with Gasteiger partial charge >= 0.3 is 0 Å². The number of benzene rings is 1. The summed E-state index contributed by atoms with van der Waals surface area (Å²) in [5.41, 5.74) is 1.12. The molecule has 1 aromatic heterocycles. The van der Waals surface area contributed by atoms with Gasteiger partial charge in [-0.15, -0.1) is 0 Å². The van der Waals surface area contributed by atoms with E-state index in [4.69, 9.17) is 4.74 Å². The number of ether oxygens (including phenoxy) is 1. The molecule has 0 bridgehead atoms. The third-order valence-corrected chi connectivity index (χ3v) is 5.53. The van der Waals surface area contributed by atoms with Crippen molar-refractivity contribution in [1.29, 1.82) is 0 Å². The minimum atomic E-state index is -3.70. The first kappa shape index (κ1) is 18.5. The molecule has 0 aliphatic carbocycles. The molecule has 1 aromatic carbocycles. The van der Waals surface area contributed by atoms with Crippen molar-refractivity contribution < 1.29 is 17.9 Å². The maximum absolute atomic E-state index is 12.5. The average Bonchev–Trinajstić information content (AvgIpc) is 3.15. The van der Waals surface area contributed by atoms with Crippen LogP contribution in [0.25, 0.3) is 0 Å². The Morgan fingerprint density at radius 3 is 2.85 bits per heavy atom. The summed E-state index contributed by atoms with van der Waals surface area (Å²) in [6.45, 7) is 1.34. The SMILES string of the molecule is O=C(N[C@H]1CCOC1)c1cccc(S(=O)(=O)NCCc2ccccn2)c1. The molecule has 0 spiro atoms. The number of amides is 1. The minimum Gasteiger partial charge on any atom is -0.379 e. The zero-order valence-electron chi connectivity index (χ0n) is 14.2. The van der Waals surface area contributed by atoms with Crippen LogP contribution in [-0.2, 0) is 21.2 Å². The van der Waals surface area contributed by atoms with Gasteiger partial charge in [0.2, 0.25) is 10.0 Å². The molecule has 2 N–H and O–H groups in total. The lowest BCUT2D eigenvalue weighted by Gasteiger charge is -2.12. The molecular formula is C18H21N3O4S. The van der Waals surface area contributed by atoms with Crippen LogP contribution in [0.1, 0.15) is 22.5 Å². The first-order valence-corrected chi connectivity index (χ1v) is 9.91. The van der Waals surface area contributed by atoms with Crippen molar-refractivity contribution in [3.63, 3.8) is 0 Å². The quantitative estimate of drug-likeness (QED) is 0.756. The molecule has 1 aliphatic rings. The molecular weight excluding hydrogens is 354 g/mol. The first-order chi connectivity index (χ1) is 12.5. The Morgan fingerprint density at radius 1 is 1.23 bits per heavy atom. The summed E-state index contributed by atoms with van der Waals surface area (Å²) in [5, 5.41) is 2.85. The maximum Gasteiger partial charge on any atom is 0.251 e. The van der Waals surface area contributed by atoms with Crippen LogP contribution in [0.3, 0.4) is 0 Å². The maximum atomic E-state index is 12.5. The number of aromatic nitrogens is 1. The van der Waals surface area contributed by atoms with Gasteiger partial charge in [0.25, 0.3) is 5.91 Å². The van der Waals surface area contributed by atoms with Gasteiger partial charge in [-0.05, 0) is 36.8 Å². The summed E-state index contributed by atoms with van der Waals surface area (Å²) in [6, 6.07) is 11.5. The molecule has 8 heteroatoms. The minimum absolute atomic E-state index is 0.0285. The summed E-state index contributed by atoms with van der Waals surface area (Å²) >= 11 is 0. The first-order valence-electron chi connectivity index (χ1n) is 8.43. The second-order valence-electron chi connectivity index (χ2n) is 6.03. The molecule has 0 saturated carbocycles. The summed E-state index contributed by atoms with van der Waals surface area (Å²) in [6.07, 6.45) is 2.92. The Labute approximate surface area is 152 Å². The summed E-state index contributed by atoms with van der Waals surface area (Å²) in [4.78, 5) is 16.5. The van der Waals surface area contributed by atoms with Crippen LogP contribution >= 0.6 is 0 Å². The third kappa shape index (κ3) is 4.87. The summed E-state index contributed by atoms with van der Waals surface area (Å²) in [5.74, 6) is -0.300. The van der Waals surface area contributed by atoms with Crippen LogP contribution in [0.4, 0.5) is 0 Å². The van der Waals surface area contributed by atoms with Crippen molar-refractivity contribution in [2.45, 2.75) is 23.8 Å². The fourth-order valence-electron chi connectivity index (χ4n) is 2.66. The number of nitrogens with zero attached hydrogens (tertiary/aromatic N) is 1. The van der Waals surface area contributed by atoms with Crippen LogP contribution in [0.15, 0.2) is 53.6 Å². The highest BCUT2D eigenvalue weighted by atomic mass is 32.2. The van der Waals surface area contributed by atoms with E-state index in [1.165, 1.54) is 12.1 Å². The number of sulfonamides is 1. The van der Waals surface area contributed by atoms with Crippen molar-refractivity contribution in [2.75, 3.05) is 19.8 Å². The van der Waals surface area contributed by atoms with E-state index in [2.05, 4.69) is 15.0 Å². The lowest BCUT2D eigenvalue weighted by atomic mass is 10.2. The number of carbonyl (C=O) groups is 1. The molecule has 0 radical (unpaired) electrons. The largest absolute Gasteiger partial charge is 0.379 e. The van der Waals surface area contributed by atoms with Gasteiger partial charge in [0.05, 0.1) is 17.5 Å². The lowest BCUT2D eigenvalue weighted by Crippen LogP contribution is -2.35. The zero-order chi connectivity index (χ0) is 18.4.